The summed E-state index contributed by atoms with van der Waals surface area (Å²) in [5.41, 5.74) is 0.546. The van der Waals surface area contributed by atoms with Crippen molar-refractivity contribution in [2.45, 2.75) is 19.4 Å². The fourth-order valence-corrected chi connectivity index (χ4v) is 3.42. The number of fused-ring (bicyclic) bond motifs is 3. The summed E-state index contributed by atoms with van der Waals surface area (Å²) in [5.74, 6) is -0.887. The van der Waals surface area contributed by atoms with Crippen molar-refractivity contribution in [3.63, 3.8) is 0 Å². The van der Waals surface area contributed by atoms with Crippen molar-refractivity contribution in [1.29, 1.82) is 0 Å². The monoisotopic (exact) mass is 295 g/mol. The molecule has 2 aromatic carbocycles. The van der Waals surface area contributed by atoms with E-state index in [2.05, 4.69) is 5.32 Å². The van der Waals surface area contributed by atoms with Gasteiger partial charge in [-0.25, -0.2) is 4.79 Å². The lowest BCUT2D eigenvalue weighted by molar-refractivity contribution is -0.141. The minimum Gasteiger partial charge on any atom is -0.480 e. The Morgan fingerprint density at radius 1 is 1.24 bits per heavy atom. The number of rotatable bonds is 3. The van der Waals surface area contributed by atoms with E-state index in [1.807, 2.05) is 36.4 Å². The molecule has 21 heavy (non-hydrogen) atoms. The number of carboxylic acids is 1. The molecule has 3 nitrogen and oxygen atoms in total. The second-order valence-corrected chi connectivity index (χ2v) is 6.64. The third-order valence-corrected chi connectivity index (χ3v) is 4.75. The summed E-state index contributed by atoms with van der Waals surface area (Å²) in [6.07, 6.45) is 0. The molecule has 0 unspecified atom stereocenters. The van der Waals surface area contributed by atoms with E-state index in [0.717, 1.165) is 31.3 Å². The first-order chi connectivity index (χ1) is 9.88. The van der Waals surface area contributed by atoms with Crippen LogP contribution in [0.5, 0.6) is 0 Å². The summed E-state index contributed by atoms with van der Waals surface area (Å²) in [5, 5.41) is 14.5. The van der Waals surface area contributed by atoms with Gasteiger partial charge in [-0.3, -0.25) is 0 Å². The molecule has 5 heteroatoms. The van der Waals surface area contributed by atoms with Crippen molar-refractivity contribution in [3.05, 3.63) is 36.4 Å². The molecule has 0 bridgehead atoms. The van der Waals surface area contributed by atoms with Gasteiger partial charge in [0.25, 0.3) is 0 Å². The highest BCUT2D eigenvalue weighted by Gasteiger charge is 2.26. The van der Waals surface area contributed by atoms with Gasteiger partial charge < -0.3 is 10.4 Å². The number of hydrogen-bond donors (Lipinski definition) is 2. The zero-order valence-corrected chi connectivity index (χ0v) is 12.6. The Labute approximate surface area is 128 Å². The summed E-state index contributed by atoms with van der Waals surface area (Å²) < 4.78 is 2.21. The lowest BCUT2D eigenvalue weighted by Crippen LogP contribution is -2.39. The molecule has 0 amide bonds. The minimum absolute atomic E-state index is 0.772. The average molecular weight is 295 g/mol. The molecule has 0 saturated carbocycles. The molecule has 0 aliphatic carbocycles. The molecule has 0 saturated heterocycles. The first-order valence-electron chi connectivity index (χ1n) is 6.61. The highest BCUT2D eigenvalue weighted by Crippen LogP contribution is 2.34. The maximum absolute atomic E-state index is 11.2. The predicted octanol–water partition coefficient (Wildman–Crippen LogP) is 3.12. The van der Waals surface area contributed by atoms with Crippen LogP contribution in [0, 0.1) is 0 Å². The van der Waals surface area contributed by atoms with Crippen LogP contribution in [0.4, 0.5) is 5.69 Å². The van der Waals surface area contributed by atoms with E-state index < -0.39 is 11.5 Å². The van der Waals surface area contributed by atoms with Gasteiger partial charge in [0.1, 0.15) is 13.4 Å². The molecule has 2 N–H and O–H groups in total. The Hall–Kier alpha value is -2.01. The van der Waals surface area contributed by atoms with Gasteiger partial charge in [0.05, 0.1) is 0 Å². The van der Waals surface area contributed by atoms with Crippen molar-refractivity contribution in [2.24, 2.45) is 0 Å². The van der Waals surface area contributed by atoms with Gasteiger partial charge in [-0.2, -0.15) is 0 Å². The molecule has 1 aromatic heterocycles. The van der Waals surface area contributed by atoms with Crippen LogP contribution < -0.4 is 10.8 Å². The summed E-state index contributed by atoms with van der Waals surface area (Å²) >= 11 is 1.65. The topological polar surface area (TPSA) is 49.3 Å². The van der Waals surface area contributed by atoms with Crippen LogP contribution in [0.3, 0.4) is 0 Å². The van der Waals surface area contributed by atoms with Crippen LogP contribution in [0.2, 0.25) is 0 Å². The summed E-state index contributed by atoms with van der Waals surface area (Å²) in [7, 11) is 6.02. The fraction of sp³-hybridized carbons (Fsp3) is 0.188. The highest BCUT2D eigenvalue weighted by molar-refractivity contribution is 7.26. The van der Waals surface area contributed by atoms with E-state index in [9.17, 15) is 9.90 Å². The zero-order valence-electron chi connectivity index (χ0n) is 11.8. The number of aliphatic carboxylic acids is 1. The molecule has 0 aliphatic rings. The first-order valence-corrected chi connectivity index (χ1v) is 7.42. The van der Waals surface area contributed by atoms with Crippen LogP contribution >= 0.6 is 11.3 Å². The molecule has 0 spiro atoms. The summed E-state index contributed by atoms with van der Waals surface area (Å²) in [6.45, 7) is 3.28. The number of nitrogens with one attached hydrogen (secondary N) is 1. The number of carbonyl (C=O) groups is 1. The van der Waals surface area contributed by atoms with Crippen molar-refractivity contribution in [3.8, 4) is 0 Å². The summed E-state index contributed by atoms with van der Waals surface area (Å²) in [4.78, 5) is 11.2. The van der Waals surface area contributed by atoms with Gasteiger partial charge in [0.2, 0.25) is 0 Å². The Bertz CT molecular complexity index is 854. The maximum atomic E-state index is 11.2. The number of thiophene rings is 1. The van der Waals surface area contributed by atoms with Gasteiger partial charge in [-0.1, -0.05) is 23.7 Å². The molecular weight excluding hydrogens is 281 g/mol. The third-order valence-electron chi connectivity index (χ3n) is 3.52. The zero-order chi connectivity index (χ0) is 15.2. The van der Waals surface area contributed by atoms with E-state index in [0.29, 0.717) is 0 Å². The first kappa shape index (κ1) is 14.0. The largest absolute Gasteiger partial charge is 0.480 e. The fourth-order valence-electron chi connectivity index (χ4n) is 2.31. The van der Waals surface area contributed by atoms with E-state index in [-0.39, 0.29) is 0 Å². The van der Waals surface area contributed by atoms with Gasteiger partial charge in [0.15, 0.2) is 0 Å². The lowest BCUT2D eigenvalue weighted by atomic mass is 9.94. The molecule has 104 valence electrons. The quantitative estimate of drug-likeness (QED) is 0.730. The van der Waals surface area contributed by atoms with E-state index >= 15 is 0 Å². The van der Waals surface area contributed by atoms with Crippen molar-refractivity contribution < 1.29 is 9.90 Å². The molecular formula is C16H14BNO2S. The Morgan fingerprint density at radius 3 is 2.71 bits per heavy atom. The van der Waals surface area contributed by atoms with Crippen LogP contribution in [0.1, 0.15) is 13.8 Å². The molecule has 3 aromatic rings. The Morgan fingerprint density at radius 2 is 2.00 bits per heavy atom. The van der Waals surface area contributed by atoms with Gasteiger partial charge >= 0.3 is 5.97 Å². The van der Waals surface area contributed by atoms with E-state index in [1.165, 1.54) is 0 Å². The maximum Gasteiger partial charge on any atom is 0.328 e. The number of hydrogen-bond acceptors (Lipinski definition) is 3. The number of benzene rings is 2. The number of anilines is 1. The van der Waals surface area contributed by atoms with Crippen LogP contribution in [0.25, 0.3) is 20.2 Å². The minimum atomic E-state index is -1.02. The van der Waals surface area contributed by atoms with Crippen molar-refractivity contribution in [1.82, 2.24) is 0 Å². The van der Waals surface area contributed by atoms with E-state index in [4.69, 9.17) is 7.85 Å². The second kappa shape index (κ2) is 4.77. The van der Waals surface area contributed by atoms with Crippen molar-refractivity contribution in [2.75, 3.05) is 5.32 Å². The average Bonchev–Trinajstić information content (AvgIpc) is 2.78. The molecule has 1 heterocycles. The van der Waals surface area contributed by atoms with Gasteiger partial charge in [-0.15, -0.1) is 11.3 Å². The smallest absolute Gasteiger partial charge is 0.328 e. The van der Waals surface area contributed by atoms with Crippen LogP contribution in [-0.2, 0) is 4.79 Å². The molecule has 3 rings (SSSR count). The third kappa shape index (κ3) is 2.38. The molecule has 0 aliphatic heterocycles. The van der Waals surface area contributed by atoms with E-state index in [1.54, 1.807) is 25.2 Å². The standard InChI is InChI=1S/C16H14BNO2S/c1-16(2,15(19)20)18-9-6-7-13-11(8-9)10-4-3-5-12(17)14(10)21-13/h3-8,18H,1-2H3,(H,19,20). The normalized spacial score (nSPS) is 11.9. The SMILES string of the molecule is [B]c1cccc2c1sc1ccc(NC(C)(C)C(=O)O)cc12. The Kier molecular flexibility index (Phi) is 3.17. The van der Waals surface area contributed by atoms with Crippen molar-refractivity contribution >= 4 is 56.5 Å². The van der Waals surface area contributed by atoms with Gasteiger partial charge in [-0.05, 0) is 37.4 Å². The second-order valence-electron chi connectivity index (χ2n) is 5.59. The predicted molar refractivity (Wildman–Crippen MR) is 90.1 cm³/mol. The van der Waals surface area contributed by atoms with Crippen LogP contribution in [0.15, 0.2) is 36.4 Å². The number of carboxylic acid groups (broad SMARTS) is 1. The molecule has 2 radical (unpaired) electrons. The Balaban J connectivity index is 2.14. The molecule has 0 atom stereocenters. The van der Waals surface area contributed by atoms with Gasteiger partial charge in [0, 0.05) is 20.5 Å². The highest BCUT2D eigenvalue weighted by atomic mass is 32.1. The molecule has 0 fully saturated rings. The summed E-state index contributed by atoms with van der Waals surface area (Å²) in [6, 6.07) is 11.8. The van der Waals surface area contributed by atoms with Crippen LogP contribution in [-0.4, -0.2) is 24.5 Å². The lowest BCUT2D eigenvalue weighted by Gasteiger charge is -2.22.